The number of nitrogens with one attached hydrogen (secondary N) is 1. The predicted molar refractivity (Wildman–Crippen MR) is 116 cm³/mol. The van der Waals surface area contributed by atoms with E-state index < -0.39 is 0 Å². The normalized spacial score (nSPS) is 14.7. The van der Waals surface area contributed by atoms with E-state index in [1.54, 1.807) is 0 Å². The van der Waals surface area contributed by atoms with Crippen LogP contribution in [0.5, 0.6) is 0 Å². The molecule has 3 rings (SSSR count). The van der Waals surface area contributed by atoms with Crippen LogP contribution in [0, 0.1) is 12.8 Å². The molecule has 26 heavy (non-hydrogen) atoms. The van der Waals surface area contributed by atoms with Gasteiger partial charge in [0.2, 0.25) is 0 Å². The zero-order valence-electron chi connectivity index (χ0n) is 15.1. The number of aryl methyl sites for hydroxylation is 1. The van der Waals surface area contributed by atoms with Crippen molar-refractivity contribution < 1.29 is 4.79 Å². The third-order valence-corrected chi connectivity index (χ3v) is 5.33. The maximum atomic E-state index is 13.0. The van der Waals surface area contributed by atoms with Gasteiger partial charge in [-0.25, -0.2) is 0 Å². The van der Waals surface area contributed by atoms with Crippen molar-refractivity contribution in [2.75, 3.05) is 26.7 Å². The first-order valence-electron chi connectivity index (χ1n) is 8.59. The number of benzene rings is 1. The molecule has 0 atom stereocenters. The number of carbonyl (C=O) groups excluding carboxylic acids is 1. The fourth-order valence-electron chi connectivity index (χ4n) is 3.45. The lowest BCUT2D eigenvalue weighted by molar-refractivity contribution is 0.0689. The van der Waals surface area contributed by atoms with E-state index in [4.69, 9.17) is 0 Å². The maximum absolute atomic E-state index is 13.0. The first-order chi connectivity index (χ1) is 11.6. The molecule has 144 valence electrons. The molecule has 1 aliphatic rings. The Kier molecular flexibility index (Phi) is 9.31. The van der Waals surface area contributed by atoms with E-state index in [-0.39, 0.29) is 30.7 Å². The van der Waals surface area contributed by atoms with Gasteiger partial charge >= 0.3 is 0 Å². The highest BCUT2D eigenvalue weighted by Crippen LogP contribution is 2.26. The van der Waals surface area contributed by atoms with E-state index in [2.05, 4.69) is 26.2 Å². The fourth-order valence-corrected chi connectivity index (χ4v) is 3.80. The van der Waals surface area contributed by atoms with Gasteiger partial charge in [-0.1, -0.05) is 22.0 Å². The van der Waals surface area contributed by atoms with E-state index in [0.29, 0.717) is 0 Å². The molecular weight excluding hydrogens is 437 g/mol. The summed E-state index contributed by atoms with van der Waals surface area (Å²) in [4.78, 5) is 19.6. The lowest BCUT2D eigenvalue weighted by Gasteiger charge is -2.32. The van der Waals surface area contributed by atoms with Gasteiger partial charge in [-0.05, 0) is 63.9 Å². The highest BCUT2D eigenvalue weighted by molar-refractivity contribution is 9.10. The summed E-state index contributed by atoms with van der Waals surface area (Å²) in [6, 6.07) is 7.85. The number of fused-ring (bicyclic) bond motifs is 1. The summed E-state index contributed by atoms with van der Waals surface area (Å²) in [5.41, 5.74) is 2.53. The number of rotatable bonds is 4. The molecule has 0 radical (unpaired) electrons. The number of piperidine rings is 1. The number of halogens is 3. The summed E-state index contributed by atoms with van der Waals surface area (Å²) in [6.07, 6.45) is 3.39. The van der Waals surface area contributed by atoms with Crippen LogP contribution >= 0.6 is 40.7 Å². The summed E-state index contributed by atoms with van der Waals surface area (Å²) >= 11 is 3.48. The van der Waals surface area contributed by atoms with Crippen molar-refractivity contribution in [3.05, 3.63) is 40.0 Å². The standard InChI is InChI=1S/C19H24BrN3O.2ClH/c1-13-11-17(16-4-3-15(20)12-18(16)22-13)19(24)23-9-6-14(7-10-23)5-8-21-2;;/h3-4,11-12,14,21H,5-10H2,1-2H3;2*1H. The lowest BCUT2D eigenvalue weighted by Crippen LogP contribution is -2.39. The van der Waals surface area contributed by atoms with Crippen molar-refractivity contribution in [2.24, 2.45) is 5.92 Å². The Balaban J connectivity index is 0.00000169. The largest absolute Gasteiger partial charge is 0.339 e. The summed E-state index contributed by atoms with van der Waals surface area (Å²) < 4.78 is 0.983. The molecular formula is C19H26BrCl2N3O. The van der Waals surface area contributed by atoms with Crippen LogP contribution in [0.25, 0.3) is 10.9 Å². The molecule has 2 aromatic rings. The molecule has 1 amide bonds. The second-order valence-corrected chi connectivity index (χ2v) is 7.52. The quantitative estimate of drug-likeness (QED) is 0.721. The van der Waals surface area contributed by atoms with Crippen molar-refractivity contribution in [3.63, 3.8) is 0 Å². The Labute approximate surface area is 176 Å². The summed E-state index contributed by atoms with van der Waals surface area (Å²) in [5.74, 6) is 0.869. The van der Waals surface area contributed by atoms with E-state index in [1.165, 1.54) is 6.42 Å². The average Bonchev–Trinajstić information content (AvgIpc) is 2.58. The van der Waals surface area contributed by atoms with Crippen LogP contribution in [0.1, 0.15) is 35.3 Å². The Morgan fingerprint density at radius 1 is 1.27 bits per heavy atom. The number of amides is 1. The molecule has 1 aliphatic heterocycles. The second kappa shape index (κ2) is 10.5. The smallest absolute Gasteiger partial charge is 0.254 e. The number of hydrogen-bond donors (Lipinski definition) is 1. The molecule has 1 aromatic carbocycles. The molecule has 1 N–H and O–H groups in total. The van der Waals surface area contributed by atoms with Crippen LogP contribution in [0.4, 0.5) is 0 Å². The molecule has 0 bridgehead atoms. The average molecular weight is 463 g/mol. The van der Waals surface area contributed by atoms with Crippen LogP contribution in [0.15, 0.2) is 28.7 Å². The van der Waals surface area contributed by atoms with Crippen LogP contribution in [0.3, 0.4) is 0 Å². The molecule has 1 saturated heterocycles. The van der Waals surface area contributed by atoms with Gasteiger partial charge in [0.1, 0.15) is 0 Å². The Morgan fingerprint density at radius 2 is 1.96 bits per heavy atom. The lowest BCUT2D eigenvalue weighted by atomic mass is 9.93. The molecule has 0 unspecified atom stereocenters. The van der Waals surface area contributed by atoms with Gasteiger partial charge in [0.25, 0.3) is 5.91 Å². The molecule has 0 saturated carbocycles. The highest BCUT2D eigenvalue weighted by Gasteiger charge is 2.24. The van der Waals surface area contributed by atoms with Gasteiger partial charge in [-0.15, -0.1) is 24.8 Å². The number of likely N-dealkylation sites (tertiary alicyclic amines) is 1. The van der Waals surface area contributed by atoms with Crippen LogP contribution < -0.4 is 5.32 Å². The van der Waals surface area contributed by atoms with Crippen molar-refractivity contribution in [2.45, 2.75) is 26.2 Å². The molecule has 7 heteroatoms. The van der Waals surface area contributed by atoms with Gasteiger partial charge in [-0.3, -0.25) is 9.78 Å². The maximum Gasteiger partial charge on any atom is 0.254 e. The molecule has 0 aliphatic carbocycles. The SMILES string of the molecule is CNCCC1CCN(C(=O)c2cc(C)nc3cc(Br)ccc23)CC1.Cl.Cl. The van der Waals surface area contributed by atoms with Gasteiger partial charge in [-0.2, -0.15) is 0 Å². The van der Waals surface area contributed by atoms with Crippen LogP contribution in [-0.4, -0.2) is 42.5 Å². The van der Waals surface area contributed by atoms with E-state index >= 15 is 0 Å². The van der Waals surface area contributed by atoms with Crippen molar-refractivity contribution in [1.82, 2.24) is 15.2 Å². The van der Waals surface area contributed by atoms with Crippen molar-refractivity contribution in [1.29, 1.82) is 0 Å². The number of pyridine rings is 1. The molecule has 1 fully saturated rings. The zero-order chi connectivity index (χ0) is 17.1. The number of aromatic nitrogens is 1. The zero-order valence-corrected chi connectivity index (χ0v) is 18.3. The van der Waals surface area contributed by atoms with Crippen LogP contribution in [-0.2, 0) is 0 Å². The van der Waals surface area contributed by atoms with Crippen LogP contribution in [0.2, 0.25) is 0 Å². The van der Waals surface area contributed by atoms with Gasteiger partial charge in [0, 0.05) is 28.6 Å². The van der Waals surface area contributed by atoms with Crippen molar-refractivity contribution in [3.8, 4) is 0 Å². The van der Waals surface area contributed by atoms with Crippen molar-refractivity contribution >= 4 is 57.6 Å². The summed E-state index contributed by atoms with van der Waals surface area (Å²) in [6.45, 7) is 4.71. The number of carbonyl (C=O) groups is 1. The number of hydrogen-bond acceptors (Lipinski definition) is 3. The third-order valence-electron chi connectivity index (χ3n) is 4.83. The Morgan fingerprint density at radius 3 is 2.62 bits per heavy atom. The van der Waals surface area contributed by atoms with E-state index in [1.807, 2.05) is 43.1 Å². The van der Waals surface area contributed by atoms with E-state index in [9.17, 15) is 4.79 Å². The Hall–Kier alpha value is -0.880. The second-order valence-electron chi connectivity index (χ2n) is 6.60. The molecule has 2 heterocycles. The highest BCUT2D eigenvalue weighted by atomic mass is 79.9. The molecule has 1 aromatic heterocycles. The van der Waals surface area contributed by atoms with Gasteiger partial charge in [0.15, 0.2) is 0 Å². The first kappa shape index (κ1) is 23.2. The minimum atomic E-state index is 0. The minimum absolute atomic E-state index is 0. The number of nitrogens with zero attached hydrogens (tertiary/aromatic N) is 2. The van der Waals surface area contributed by atoms with E-state index in [0.717, 1.165) is 65.0 Å². The van der Waals surface area contributed by atoms with Gasteiger partial charge in [0.05, 0.1) is 11.1 Å². The third kappa shape index (κ3) is 5.32. The topological polar surface area (TPSA) is 45.2 Å². The first-order valence-corrected chi connectivity index (χ1v) is 9.38. The minimum Gasteiger partial charge on any atom is -0.339 e. The van der Waals surface area contributed by atoms with Gasteiger partial charge < -0.3 is 10.2 Å². The summed E-state index contributed by atoms with van der Waals surface area (Å²) in [5, 5.41) is 4.15. The monoisotopic (exact) mass is 461 g/mol. The fraction of sp³-hybridized carbons (Fsp3) is 0.474. The predicted octanol–water partition coefficient (Wildman–Crippen LogP) is 4.61. The molecule has 4 nitrogen and oxygen atoms in total. The summed E-state index contributed by atoms with van der Waals surface area (Å²) in [7, 11) is 1.99. The Bertz CT molecular complexity index is 744. The molecule has 0 spiro atoms.